The summed E-state index contributed by atoms with van der Waals surface area (Å²) in [7, 11) is 6.69. The van der Waals surface area contributed by atoms with Gasteiger partial charge < -0.3 is 14.8 Å². The molecule has 0 spiro atoms. The van der Waals surface area contributed by atoms with Crippen LogP contribution < -0.4 is 22.8 Å². The van der Waals surface area contributed by atoms with Gasteiger partial charge in [0, 0.05) is 59.5 Å². The summed E-state index contributed by atoms with van der Waals surface area (Å²) in [6, 6.07) is 35.3. The predicted molar refractivity (Wildman–Crippen MR) is 330 cm³/mol. The lowest BCUT2D eigenvalue weighted by atomic mass is 9.97. The van der Waals surface area contributed by atoms with E-state index in [-0.39, 0.29) is 40.8 Å². The Morgan fingerprint density at radius 3 is 1.06 bits per heavy atom. The molecule has 18 heteroatoms. The van der Waals surface area contributed by atoms with Gasteiger partial charge in [0.15, 0.2) is 0 Å². The number of aliphatic hydroxyl groups excluding tert-OH is 1. The molecular weight excluding hydrogens is 1020 g/mol. The van der Waals surface area contributed by atoms with Crippen LogP contribution in [0, 0.1) is 5.41 Å². The van der Waals surface area contributed by atoms with Crippen molar-refractivity contribution in [2.24, 2.45) is 33.6 Å². The highest BCUT2D eigenvalue weighted by molar-refractivity contribution is 5.19. The molecule has 0 aliphatic heterocycles. The zero-order valence-corrected chi connectivity index (χ0v) is 52.3. The molecule has 0 aliphatic rings. The van der Waals surface area contributed by atoms with Gasteiger partial charge in [-0.1, -0.05) is 173 Å². The number of nitrogens with zero attached hydrogens (tertiary/aromatic N) is 12. The number of pyridine rings is 1. The monoisotopic (exact) mass is 1120 g/mol. The van der Waals surface area contributed by atoms with E-state index in [1.807, 2.05) is 37.4 Å². The first-order valence-corrected chi connectivity index (χ1v) is 27.8. The van der Waals surface area contributed by atoms with E-state index in [0.717, 1.165) is 6.54 Å². The summed E-state index contributed by atoms with van der Waals surface area (Å²) in [5, 5.41) is 30.2. The number of benzene rings is 3. The molecule has 0 saturated heterocycles. The second-order valence-electron chi connectivity index (χ2n) is 22.8. The molecule has 2 N–H and O–H groups in total. The van der Waals surface area contributed by atoms with Crippen LogP contribution in [-0.2, 0) is 47.8 Å². The largest absolute Gasteiger partial charge is 0.391 e. The predicted octanol–water partition coefficient (Wildman–Crippen LogP) is 10.3. The van der Waals surface area contributed by atoms with Gasteiger partial charge in [-0.05, 0) is 92.0 Å². The SMILES string of the molecule is CC(C)c1ccccc1.CC(C)c1ccccc1.CC(C)c1ccccc1.CC(C)c1cccnc1.CC(O)C(C)n1ncn(C)c1=O.CCn1ccn(C)c1=O.Cn1cnn(CC(C)(C)C)c1=O.Cn1cnn(CC(C)(C)O)c1=O. The highest BCUT2D eigenvalue weighted by Gasteiger charge is 2.17. The van der Waals surface area contributed by atoms with E-state index in [2.05, 4.69) is 175 Å². The third kappa shape index (κ3) is 28.5. The summed E-state index contributed by atoms with van der Waals surface area (Å²) in [4.78, 5) is 48.7. The Kier molecular flexibility index (Phi) is 31.8. The summed E-state index contributed by atoms with van der Waals surface area (Å²) < 4.78 is 11.4. The third-order valence-electron chi connectivity index (χ3n) is 12.0. The smallest absolute Gasteiger partial charge is 0.345 e. The average molecular weight is 1120 g/mol. The maximum atomic E-state index is 11.3. The molecule has 446 valence electrons. The molecule has 0 fully saturated rings. The lowest BCUT2D eigenvalue weighted by molar-refractivity contribution is 0.0564. The van der Waals surface area contributed by atoms with Gasteiger partial charge in [0.2, 0.25) is 0 Å². The number of aryl methyl sites for hydroxylation is 5. The minimum atomic E-state index is -0.905. The fraction of sp³-hybridized carbons (Fsp3) is 0.492. The molecule has 3 aromatic carbocycles. The first-order valence-electron chi connectivity index (χ1n) is 27.8. The molecule has 0 amide bonds. The zero-order valence-electron chi connectivity index (χ0n) is 52.3. The van der Waals surface area contributed by atoms with Crippen LogP contribution in [0.5, 0.6) is 0 Å². The van der Waals surface area contributed by atoms with Gasteiger partial charge in [0.05, 0.1) is 30.8 Å². The summed E-state index contributed by atoms with van der Waals surface area (Å²) in [6.07, 6.45) is 11.1. The minimum absolute atomic E-state index is 0.0510. The van der Waals surface area contributed by atoms with Gasteiger partial charge in [-0.25, -0.2) is 33.2 Å². The zero-order chi connectivity index (χ0) is 61.6. The van der Waals surface area contributed by atoms with Crippen molar-refractivity contribution in [3.8, 4) is 0 Å². The number of rotatable bonds is 10. The number of aliphatic hydroxyl groups is 2. The van der Waals surface area contributed by atoms with E-state index in [4.69, 9.17) is 0 Å². The highest BCUT2D eigenvalue weighted by Crippen LogP contribution is 2.15. The molecule has 8 rings (SSSR count). The van der Waals surface area contributed by atoms with Crippen LogP contribution in [0.25, 0.3) is 0 Å². The molecular formula is C63H98N12O6. The van der Waals surface area contributed by atoms with Gasteiger partial charge in [0.1, 0.15) is 19.0 Å². The Bertz CT molecular complexity index is 2890. The lowest BCUT2D eigenvalue weighted by Gasteiger charge is -2.16. The summed E-state index contributed by atoms with van der Waals surface area (Å²) in [5.41, 5.74) is 4.32. The molecule has 5 heterocycles. The first-order chi connectivity index (χ1) is 37.8. The summed E-state index contributed by atoms with van der Waals surface area (Å²) in [6.45, 7) is 34.0. The van der Waals surface area contributed by atoms with E-state index in [1.165, 1.54) is 69.0 Å². The number of aromatic nitrogens is 12. The van der Waals surface area contributed by atoms with Crippen molar-refractivity contribution >= 4 is 0 Å². The third-order valence-corrected chi connectivity index (χ3v) is 12.0. The fourth-order valence-corrected chi connectivity index (χ4v) is 6.73. The first kappa shape index (κ1) is 71.6. The summed E-state index contributed by atoms with van der Waals surface area (Å²) in [5.74, 6) is 2.57. The summed E-state index contributed by atoms with van der Waals surface area (Å²) >= 11 is 0. The van der Waals surface area contributed by atoms with Crippen LogP contribution in [0.15, 0.2) is 166 Å². The van der Waals surface area contributed by atoms with Crippen LogP contribution in [0.3, 0.4) is 0 Å². The fourth-order valence-electron chi connectivity index (χ4n) is 6.73. The molecule has 5 aromatic heterocycles. The number of imidazole rings is 1. The molecule has 2 atom stereocenters. The normalized spacial score (nSPS) is 11.5. The Hall–Kier alpha value is -7.44. The van der Waals surface area contributed by atoms with Crippen LogP contribution in [0.2, 0.25) is 0 Å². The Morgan fingerprint density at radius 2 is 0.840 bits per heavy atom. The Balaban J connectivity index is 0.000000464. The van der Waals surface area contributed by atoms with E-state index < -0.39 is 11.7 Å². The van der Waals surface area contributed by atoms with E-state index in [0.29, 0.717) is 30.2 Å². The number of hydrogen-bond acceptors (Lipinski definition) is 10. The second kappa shape index (κ2) is 36.0. The average Bonchev–Trinajstić information content (AvgIpc) is 4.18. The van der Waals surface area contributed by atoms with Crippen molar-refractivity contribution in [1.29, 1.82) is 0 Å². The van der Waals surface area contributed by atoms with Crippen molar-refractivity contribution < 1.29 is 10.2 Å². The van der Waals surface area contributed by atoms with E-state index in [9.17, 15) is 29.4 Å². The molecule has 81 heavy (non-hydrogen) atoms. The van der Waals surface area contributed by atoms with Crippen molar-refractivity contribution in [3.63, 3.8) is 0 Å². The topological polar surface area (TPSA) is 200 Å². The maximum absolute atomic E-state index is 11.3. The van der Waals surface area contributed by atoms with Crippen molar-refractivity contribution in [1.82, 2.24) is 57.2 Å². The molecule has 0 saturated carbocycles. The van der Waals surface area contributed by atoms with Crippen LogP contribution in [0.1, 0.15) is 163 Å². The van der Waals surface area contributed by atoms with Crippen LogP contribution in [-0.4, -0.2) is 79.1 Å². The quantitative estimate of drug-likeness (QED) is 0.133. The van der Waals surface area contributed by atoms with Gasteiger partial charge >= 0.3 is 22.8 Å². The molecule has 18 nitrogen and oxygen atoms in total. The van der Waals surface area contributed by atoms with Gasteiger partial charge in [-0.3, -0.25) is 23.3 Å². The van der Waals surface area contributed by atoms with Gasteiger partial charge in [-0.2, -0.15) is 15.3 Å². The molecule has 0 radical (unpaired) electrons. The molecule has 8 aromatic rings. The highest BCUT2D eigenvalue weighted by atomic mass is 16.3. The molecule has 0 bridgehead atoms. The second-order valence-corrected chi connectivity index (χ2v) is 22.8. The van der Waals surface area contributed by atoms with Crippen molar-refractivity contribution in [2.75, 3.05) is 0 Å². The lowest BCUT2D eigenvalue weighted by Crippen LogP contribution is -2.33. The Morgan fingerprint density at radius 1 is 0.469 bits per heavy atom. The maximum Gasteiger partial charge on any atom is 0.345 e. The van der Waals surface area contributed by atoms with Crippen molar-refractivity contribution in [2.45, 2.75) is 172 Å². The molecule has 2 unspecified atom stereocenters. The minimum Gasteiger partial charge on any atom is -0.391 e. The van der Waals surface area contributed by atoms with E-state index in [1.54, 1.807) is 83.6 Å². The number of hydrogen-bond donors (Lipinski definition) is 2. The standard InChI is InChI=1S/3C9H12.C8H15N3O.C8H11N.2C7H13N3O2.C6H10N2O/c3*1-8(2)9-6-4-3-5-7-9;1-8(2,3)5-11-7(12)10(4)6-9-11;1-7(2)8-4-3-5-9-6-8;1-7(2,12)4-10-6(11)9(3)5-8-10;1-5(6(2)11)10-7(12)9(3)4-8-10;1-3-8-5-4-7(2)6(8)9/h3*3-8H,1-2H3;6H,5H2,1-4H3;3-7H,1-2H3;5,12H,4H2,1-3H3;4-6,11H,1-3H3;4-5H,3H2,1-2H3. The van der Waals surface area contributed by atoms with Crippen LogP contribution >= 0.6 is 0 Å². The van der Waals surface area contributed by atoms with E-state index >= 15 is 0 Å². The van der Waals surface area contributed by atoms with Gasteiger partial charge in [-0.15, -0.1) is 0 Å². The van der Waals surface area contributed by atoms with Gasteiger partial charge in [0.25, 0.3) is 0 Å². The van der Waals surface area contributed by atoms with Crippen molar-refractivity contribution in [3.05, 3.63) is 211 Å². The van der Waals surface area contributed by atoms with Crippen LogP contribution in [0.4, 0.5) is 0 Å². The molecule has 0 aliphatic carbocycles. The Labute approximate surface area is 482 Å².